The smallest absolute Gasteiger partial charge is 0.253 e. The van der Waals surface area contributed by atoms with Crippen LogP contribution < -0.4 is 10.6 Å². The Bertz CT molecular complexity index is 594. The summed E-state index contributed by atoms with van der Waals surface area (Å²) in [6, 6.07) is 5.60. The lowest BCUT2D eigenvalue weighted by Crippen LogP contribution is -2.28. The van der Waals surface area contributed by atoms with Gasteiger partial charge in [0, 0.05) is 12.2 Å². The predicted octanol–water partition coefficient (Wildman–Crippen LogP) is 2.43. The van der Waals surface area contributed by atoms with Crippen molar-refractivity contribution in [2.24, 2.45) is 0 Å². The van der Waals surface area contributed by atoms with E-state index in [2.05, 4.69) is 32.7 Å². The number of carbonyl (C=O) groups is 1. The van der Waals surface area contributed by atoms with Crippen LogP contribution in [0.4, 0.5) is 5.69 Å². The van der Waals surface area contributed by atoms with Crippen LogP contribution >= 0.6 is 0 Å². The lowest BCUT2D eigenvalue weighted by molar-refractivity contribution is 0.0939. The zero-order valence-corrected chi connectivity index (χ0v) is 12.6. The number of aromatic amines is 1. The molecule has 0 radical (unpaired) electrons. The second-order valence-corrected chi connectivity index (χ2v) is 5.04. The number of aryl methyl sites for hydroxylation is 1. The van der Waals surface area contributed by atoms with Gasteiger partial charge < -0.3 is 10.6 Å². The zero-order chi connectivity index (χ0) is 15.2. The average molecular weight is 287 g/mol. The molecule has 1 atom stereocenters. The van der Waals surface area contributed by atoms with Crippen molar-refractivity contribution in [1.29, 1.82) is 0 Å². The van der Waals surface area contributed by atoms with Gasteiger partial charge in [0.15, 0.2) is 0 Å². The fraction of sp³-hybridized carbons (Fsp3) is 0.400. The Balaban J connectivity index is 2.15. The van der Waals surface area contributed by atoms with Crippen LogP contribution in [0.1, 0.15) is 48.1 Å². The van der Waals surface area contributed by atoms with Gasteiger partial charge in [-0.25, -0.2) is 4.98 Å². The molecular formula is C15H21N5O. The van der Waals surface area contributed by atoms with Crippen molar-refractivity contribution in [2.45, 2.75) is 33.2 Å². The topological polar surface area (TPSA) is 82.7 Å². The molecule has 112 valence electrons. The van der Waals surface area contributed by atoms with E-state index < -0.39 is 0 Å². The van der Waals surface area contributed by atoms with E-state index in [0.717, 1.165) is 24.2 Å². The van der Waals surface area contributed by atoms with E-state index in [1.165, 1.54) is 6.33 Å². The van der Waals surface area contributed by atoms with Gasteiger partial charge in [0.2, 0.25) is 0 Å². The van der Waals surface area contributed by atoms with Gasteiger partial charge in [0.25, 0.3) is 5.91 Å². The van der Waals surface area contributed by atoms with Crippen LogP contribution in [0.2, 0.25) is 0 Å². The van der Waals surface area contributed by atoms with Gasteiger partial charge in [-0.2, -0.15) is 5.10 Å². The highest BCUT2D eigenvalue weighted by Gasteiger charge is 2.16. The number of nitrogens with zero attached hydrogens (tertiary/aromatic N) is 2. The lowest BCUT2D eigenvalue weighted by atomic mass is 10.1. The molecule has 0 bridgehead atoms. The predicted molar refractivity (Wildman–Crippen MR) is 82.2 cm³/mol. The van der Waals surface area contributed by atoms with Gasteiger partial charge >= 0.3 is 0 Å². The molecular weight excluding hydrogens is 266 g/mol. The van der Waals surface area contributed by atoms with Crippen molar-refractivity contribution in [1.82, 2.24) is 20.5 Å². The number of H-pyrrole nitrogens is 1. The third-order valence-electron chi connectivity index (χ3n) is 3.18. The van der Waals surface area contributed by atoms with Crippen molar-refractivity contribution in [2.75, 3.05) is 11.9 Å². The number of carbonyl (C=O) groups excluding carboxylic acids is 1. The van der Waals surface area contributed by atoms with Gasteiger partial charge in [-0.3, -0.25) is 9.89 Å². The number of hydrogen-bond acceptors (Lipinski definition) is 4. The maximum Gasteiger partial charge on any atom is 0.253 e. The number of aromatic nitrogens is 3. The SMILES string of the molecule is CCCNc1ccc(C)cc1C(=O)N[C@H](C)c1ncn[nH]1. The van der Waals surface area contributed by atoms with Crippen molar-refractivity contribution in [3.8, 4) is 0 Å². The third kappa shape index (κ3) is 3.81. The summed E-state index contributed by atoms with van der Waals surface area (Å²) in [5, 5.41) is 12.8. The number of anilines is 1. The Morgan fingerprint density at radius 1 is 1.43 bits per heavy atom. The summed E-state index contributed by atoms with van der Waals surface area (Å²) in [7, 11) is 0. The largest absolute Gasteiger partial charge is 0.384 e. The minimum absolute atomic E-state index is 0.124. The quantitative estimate of drug-likeness (QED) is 0.762. The molecule has 21 heavy (non-hydrogen) atoms. The summed E-state index contributed by atoms with van der Waals surface area (Å²) < 4.78 is 0. The van der Waals surface area contributed by atoms with E-state index in [4.69, 9.17) is 0 Å². The number of amides is 1. The Hall–Kier alpha value is -2.37. The first-order chi connectivity index (χ1) is 10.1. The van der Waals surface area contributed by atoms with Crippen molar-refractivity contribution in [3.63, 3.8) is 0 Å². The van der Waals surface area contributed by atoms with E-state index in [0.29, 0.717) is 11.4 Å². The molecule has 6 nitrogen and oxygen atoms in total. The van der Waals surface area contributed by atoms with Crippen LogP contribution in [0, 0.1) is 6.92 Å². The van der Waals surface area contributed by atoms with Crippen LogP contribution in [0.5, 0.6) is 0 Å². The minimum Gasteiger partial charge on any atom is -0.384 e. The Morgan fingerprint density at radius 3 is 2.90 bits per heavy atom. The standard InChI is InChI=1S/C15H21N5O/c1-4-7-16-13-6-5-10(2)8-12(13)15(21)19-11(3)14-17-9-18-20-14/h5-6,8-9,11,16H,4,7H2,1-3H3,(H,19,21)(H,17,18,20)/t11-/m1/s1. The fourth-order valence-electron chi connectivity index (χ4n) is 2.03. The molecule has 6 heteroatoms. The van der Waals surface area contributed by atoms with Gasteiger partial charge in [-0.15, -0.1) is 0 Å². The zero-order valence-electron chi connectivity index (χ0n) is 12.6. The molecule has 0 aliphatic heterocycles. The van der Waals surface area contributed by atoms with Gasteiger partial charge in [0.1, 0.15) is 12.2 Å². The van der Waals surface area contributed by atoms with E-state index in [9.17, 15) is 4.79 Å². The molecule has 0 aliphatic carbocycles. The van der Waals surface area contributed by atoms with Crippen LogP contribution in [0.25, 0.3) is 0 Å². The normalized spacial score (nSPS) is 12.0. The molecule has 0 saturated heterocycles. The summed E-state index contributed by atoms with van der Waals surface area (Å²) >= 11 is 0. The fourth-order valence-corrected chi connectivity index (χ4v) is 2.03. The molecule has 1 aromatic heterocycles. The maximum atomic E-state index is 12.5. The van der Waals surface area contributed by atoms with Crippen molar-refractivity contribution >= 4 is 11.6 Å². The summed E-state index contributed by atoms with van der Waals surface area (Å²) in [5.41, 5.74) is 2.55. The Morgan fingerprint density at radius 2 is 2.24 bits per heavy atom. The second-order valence-electron chi connectivity index (χ2n) is 5.04. The molecule has 2 aromatic rings. The number of hydrogen-bond donors (Lipinski definition) is 3. The molecule has 0 aliphatic rings. The van der Waals surface area contributed by atoms with Crippen LogP contribution in [-0.2, 0) is 0 Å². The van der Waals surface area contributed by atoms with Crippen molar-refractivity contribution in [3.05, 3.63) is 41.5 Å². The van der Waals surface area contributed by atoms with E-state index in [1.54, 1.807) is 0 Å². The van der Waals surface area contributed by atoms with Gasteiger partial charge in [-0.05, 0) is 32.4 Å². The highest BCUT2D eigenvalue weighted by atomic mass is 16.1. The number of benzene rings is 1. The first-order valence-corrected chi connectivity index (χ1v) is 7.12. The molecule has 2 rings (SSSR count). The molecule has 1 heterocycles. The maximum absolute atomic E-state index is 12.5. The molecule has 0 spiro atoms. The van der Waals surface area contributed by atoms with E-state index in [-0.39, 0.29) is 11.9 Å². The highest BCUT2D eigenvalue weighted by Crippen LogP contribution is 2.18. The lowest BCUT2D eigenvalue weighted by Gasteiger charge is -2.15. The van der Waals surface area contributed by atoms with Crippen LogP contribution in [0.3, 0.4) is 0 Å². The molecule has 1 aromatic carbocycles. The molecule has 0 saturated carbocycles. The van der Waals surface area contributed by atoms with Crippen LogP contribution in [0.15, 0.2) is 24.5 Å². The van der Waals surface area contributed by atoms with Crippen LogP contribution in [-0.4, -0.2) is 27.6 Å². The highest BCUT2D eigenvalue weighted by molar-refractivity contribution is 6.00. The first-order valence-electron chi connectivity index (χ1n) is 7.12. The molecule has 1 amide bonds. The molecule has 3 N–H and O–H groups in total. The van der Waals surface area contributed by atoms with Crippen molar-refractivity contribution < 1.29 is 4.79 Å². The summed E-state index contributed by atoms with van der Waals surface area (Å²) in [6.07, 6.45) is 2.43. The number of nitrogens with one attached hydrogen (secondary N) is 3. The second kappa shape index (κ2) is 6.88. The first kappa shape index (κ1) is 15.0. The van der Waals surface area contributed by atoms with E-state index >= 15 is 0 Å². The third-order valence-corrected chi connectivity index (χ3v) is 3.18. The monoisotopic (exact) mass is 287 g/mol. The minimum atomic E-state index is -0.223. The molecule has 0 unspecified atom stereocenters. The average Bonchev–Trinajstić information content (AvgIpc) is 3.00. The molecule has 0 fully saturated rings. The Kier molecular flexibility index (Phi) is 4.92. The van der Waals surface area contributed by atoms with Gasteiger partial charge in [-0.1, -0.05) is 18.6 Å². The summed E-state index contributed by atoms with van der Waals surface area (Å²) in [5.74, 6) is 0.514. The number of rotatable bonds is 6. The van der Waals surface area contributed by atoms with E-state index in [1.807, 2.05) is 32.0 Å². The van der Waals surface area contributed by atoms with Gasteiger partial charge in [0.05, 0.1) is 11.6 Å². The summed E-state index contributed by atoms with van der Waals surface area (Å²) in [6.45, 7) is 6.77. The Labute approximate surface area is 124 Å². The summed E-state index contributed by atoms with van der Waals surface area (Å²) in [4.78, 5) is 16.5.